The van der Waals surface area contributed by atoms with Crippen molar-refractivity contribution in [1.29, 1.82) is 0 Å². The lowest BCUT2D eigenvalue weighted by Gasteiger charge is -2.28. The van der Waals surface area contributed by atoms with E-state index in [9.17, 15) is 13.5 Å². The summed E-state index contributed by atoms with van der Waals surface area (Å²) in [7, 11) is -1.41. The number of rotatable bonds is 5. The minimum Gasteiger partial charge on any atom is -0.392 e. The first-order valence-electron chi connectivity index (χ1n) is 7.31. The third kappa shape index (κ3) is 4.26. The van der Waals surface area contributed by atoms with Gasteiger partial charge in [-0.05, 0) is 69.1 Å². The molecule has 0 bridgehead atoms. The summed E-state index contributed by atoms with van der Waals surface area (Å²) in [4.78, 5) is 2.49. The van der Waals surface area contributed by atoms with Gasteiger partial charge in [-0.25, -0.2) is 13.1 Å². The zero-order chi connectivity index (χ0) is 15.5. The van der Waals surface area contributed by atoms with Crippen LogP contribution in [-0.4, -0.2) is 45.1 Å². The standard InChI is InChI=1S/C15H24N2O3S/c1-12-3-4-15(9-14(12)11-18)21(19,20)16-10-13-5-7-17(2)8-6-13/h3-4,9,13,16,18H,5-8,10-11H2,1-2H3. The van der Waals surface area contributed by atoms with Gasteiger partial charge in [0.15, 0.2) is 0 Å². The number of benzene rings is 1. The van der Waals surface area contributed by atoms with E-state index in [-0.39, 0.29) is 11.5 Å². The minimum atomic E-state index is -3.50. The van der Waals surface area contributed by atoms with Gasteiger partial charge in [-0.15, -0.1) is 0 Å². The molecule has 1 saturated heterocycles. The van der Waals surface area contributed by atoms with Gasteiger partial charge in [0.1, 0.15) is 0 Å². The molecule has 2 N–H and O–H groups in total. The highest BCUT2D eigenvalue weighted by Crippen LogP contribution is 2.18. The lowest BCUT2D eigenvalue weighted by molar-refractivity contribution is 0.220. The van der Waals surface area contributed by atoms with Crippen molar-refractivity contribution in [3.05, 3.63) is 29.3 Å². The van der Waals surface area contributed by atoms with Gasteiger partial charge in [-0.1, -0.05) is 6.07 Å². The average Bonchev–Trinajstić information content (AvgIpc) is 2.47. The second-order valence-corrected chi connectivity index (χ2v) is 7.61. The van der Waals surface area contributed by atoms with Crippen LogP contribution in [0.15, 0.2) is 23.1 Å². The fourth-order valence-electron chi connectivity index (χ4n) is 2.56. The molecule has 0 saturated carbocycles. The first-order chi connectivity index (χ1) is 9.92. The summed E-state index contributed by atoms with van der Waals surface area (Å²) in [5.74, 6) is 0.402. The Morgan fingerprint density at radius 3 is 2.62 bits per heavy atom. The van der Waals surface area contributed by atoms with Crippen molar-refractivity contribution < 1.29 is 13.5 Å². The number of hydrogen-bond acceptors (Lipinski definition) is 4. The van der Waals surface area contributed by atoms with Crippen molar-refractivity contribution in [3.63, 3.8) is 0 Å². The van der Waals surface area contributed by atoms with Crippen LogP contribution in [0.2, 0.25) is 0 Å². The number of aliphatic hydroxyl groups is 1. The Morgan fingerprint density at radius 2 is 2.00 bits per heavy atom. The normalized spacial score (nSPS) is 18.0. The van der Waals surface area contributed by atoms with Gasteiger partial charge in [0.05, 0.1) is 11.5 Å². The number of hydrogen-bond donors (Lipinski definition) is 2. The lowest BCUT2D eigenvalue weighted by atomic mass is 9.98. The van der Waals surface area contributed by atoms with Crippen molar-refractivity contribution in [2.45, 2.75) is 31.3 Å². The molecule has 1 aliphatic heterocycles. The highest BCUT2D eigenvalue weighted by molar-refractivity contribution is 7.89. The number of nitrogens with zero attached hydrogens (tertiary/aromatic N) is 1. The largest absolute Gasteiger partial charge is 0.392 e. The van der Waals surface area contributed by atoms with Gasteiger partial charge in [0.25, 0.3) is 0 Å². The van der Waals surface area contributed by atoms with Crippen molar-refractivity contribution in [1.82, 2.24) is 9.62 Å². The summed E-state index contributed by atoms with van der Waals surface area (Å²) in [6.07, 6.45) is 2.05. The van der Waals surface area contributed by atoms with Gasteiger partial charge >= 0.3 is 0 Å². The van der Waals surface area contributed by atoms with E-state index in [4.69, 9.17) is 0 Å². The minimum absolute atomic E-state index is 0.149. The second kappa shape index (κ2) is 6.87. The molecule has 0 spiro atoms. The van der Waals surface area contributed by atoms with Crippen LogP contribution in [0.5, 0.6) is 0 Å². The average molecular weight is 312 g/mol. The van der Waals surface area contributed by atoms with Gasteiger partial charge in [0, 0.05) is 6.54 Å². The topological polar surface area (TPSA) is 69.6 Å². The Hall–Kier alpha value is -0.950. The van der Waals surface area contributed by atoms with E-state index in [1.807, 2.05) is 6.92 Å². The summed E-state index contributed by atoms with van der Waals surface area (Å²) in [5, 5.41) is 9.25. The Kier molecular flexibility index (Phi) is 5.37. The predicted molar refractivity (Wildman–Crippen MR) is 82.5 cm³/mol. The molecule has 2 rings (SSSR count). The molecule has 0 unspecified atom stereocenters. The molecule has 0 atom stereocenters. The zero-order valence-corrected chi connectivity index (χ0v) is 13.5. The molecular weight excluding hydrogens is 288 g/mol. The molecule has 5 nitrogen and oxygen atoms in total. The molecular formula is C15H24N2O3S. The number of sulfonamides is 1. The molecule has 0 radical (unpaired) electrons. The van der Waals surface area contributed by atoms with Crippen molar-refractivity contribution >= 4 is 10.0 Å². The Morgan fingerprint density at radius 1 is 1.33 bits per heavy atom. The van der Waals surface area contributed by atoms with Crippen molar-refractivity contribution in [2.24, 2.45) is 5.92 Å². The highest BCUT2D eigenvalue weighted by Gasteiger charge is 2.20. The van der Waals surface area contributed by atoms with E-state index in [0.717, 1.165) is 31.5 Å². The van der Waals surface area contributed by atoms with Gasteiger partial charge in [-0.3, -0.25) is 0 Å². The van der Waals surface area contributed by atoms with Crippen LogP contribution in [0, 0.1) is 12.8 Å². The lowest BCUT2D eigenvalue weighted by Crippen LogP contribution is -2.36. The van der Waals surface area contributed by atoms with E-state index in [2.05, 4.69) is 16.7 Å². The summed E-state index contributed by atoms with van der Waals surface area (Å²) >= 11 is 0. The van der Waals surface area contributed by atoms with E-state index < -0.39 is 10.0 Å². The maximum atomic E-state index is 12.3. The van der Waals surface area contributed by atoms with Crippen LogP contribution in [0.1, 0.15) is 24.0 Å². The van der Waals surface area contributed by atoms with Crippen LogP contribution >= 0.6 is 0 Å². The Labute approximate surface area is 127 Å². The number of nitrogens with one attached hydrogen (secondary N) is 1. The molecule has 1 fully saturated rings. The molecule has 1 heterocycles. The van der Waals surface area contributed by atoms with Crippen molar-refractivity contribution in [2.75, 3.05) is 26.7 Å². The maximum Gasteiger partial charge on any atom is 0.240 e. The molecule has 0 amide bonds. The first-order valence-corrected chi connectivity index (χ1v) is 8.79. The fourth-order valence-corrected chi connectivity index (χ4v) is 3.73. The summed E-state index contributed by atoms with van der Waals surface area (Å²) in [6.45, 7) is 4.23. The third-order valence-electron chi connectivity index (χ3n) is 4.20. The number of aliphatic hydroxyl groups excluding tert-OH is 1. The predicted octanol–water partition coefficient (Wildman–Crippen LogP) is 1.11. The molecule has 1 aromatic rings. The summed E-state index contributed by atoms with van der Waals surface area (Å²) < 4.78 is 27.3. The second-order valence-electron chi connectivity index (χ2n) is 5.84. The maximum absolute atomic E-state index is 12.3. The van der Waals surface area contributed by atoms with Crippen LogP contribution < -0.4 is 4.72 Å². The van der Waals surface area contributed by atoms with Crippen LogP contribution in [0.3, 0.4) is 0 Å². The number of piperidine rings is 1. The van der Waals surface area contributed by atoms with E-state index in [0.29, 0.717) is 18.0 Å². The van der Waals surface area contributed by atoms with Crippen molar-refractivity contribution in [3.8, 4) is 0 Å². The molecule has 21 heavy (non-hydrogen) atoms. The number of likely N-dealkylation sites (tertiary alicyclic amines) is 1. The molecule has 0 aromatic heterocycles. The summed E-state index contributed by atoms with van der Waals surface area (Å²) in [6, 6.07) is 4.87. The van der Waals surface area contributed by atoms with E-state index >= 15 is 0 Å². The fraction of sp³-hybridized carbons (Fsp3) is 0.600. The van der Waals surface area contributed by atoms with Crippen LogP contribution in [0.25, 0.3) is 0 Å². The highest BCUT2D eigenvalue weighted by atomic mass is 32.2. The smallest absolute Gasteiger partial charge is 0.240 e. The molecule has 0 aliphatic carbocycles. The van der Waals surface area contributed by atoms with Gasteiger partial charge in [0.2, 0.25) is 10.0 Å². The SMILES string of the molecule is Cc1ccc(S(=O)(=O)NCC2CCN(C)CC2)cc1CO. The van der Waals surface area contributed by atoms with Gasteiger partial charge in [-0.2, -0.15) is 0 Å². The quantitative estimate of drug-likeness (QED) is 0.854. The summed E-state index contributed by atoms with van der Waals surface area (Å²) in [5.41, 5.74) is 1.55. The molecule has 1 aliphatic rings. The molecule has 1 aromatic carbocycles. The van der Waals surface area contributed by atoms with Crippen LogP contribution in [0.4, 0.5) is 0 Å². The van der Waals surface area contributed by atoms with E-state index in [1.165, 1.54) is 0 Å². The Balaban J connectivity index is 2.01. The third-order valence-corrected chi connectivity index (χ3v) is 5.62. The monoisotopic (exact) mass is 312 g/mol. The van der Waals surface area contributed by atoms with Crippen LogP contribution in [-0.2, 0) is 16.6 Å². The number of aryl methyl sites for hydroxylation is 1. The zero-order valence-electron chi connectivity index (χ0n) is 12.7. The Bertz CT molecular complexity index is 579. The van der Waals surface area contributed by atoms with Gasteiger partial charge < -0.3 is 10.0 Å². The van der Waals surface area contributed by atoms with E-state index in [1.54, 1.807) is 18.2 Å². The first kappa shape index (κ1) is 16.4. The molecule has 118 valence electrons. The molecule has 6 heteroatoms.